The first kappa shape index (κ1) is 20.5. The van der Waals surface area contributed by atoms with Crippen LogP contribution in [0, 0.1) is 20.2 Å². The molecule has 3 rings (SSSR count). The van der Waals surface area contributed by atoms with Crippen molar-refractivity contribution in [3.05, 3.63) is 80.9 Å². The molecule has 0 amide bonds. The predicted octanol–water partition coefficient (Wildman–Crippen LogP) is 3.99. The molecular formula is C18H14N4O5S2. The van der Waals surface area contributed by atoms with E-state index in [0.717, 1.165) is 4.90 Å². The van der Waals surface area contributed by atoms with E-state index in [4.69, 9.17) is 11.5 Å². The van der Waals surface area contributed by atoms with Gasteiger partial charge >= 0.3 is 0 Å². The highest BCUT2D eigenvalue weighted by molar-refractivity contribution is 7.99. The van der Waals surface area contributed by atoms with Gasteiger partial charge in [-0.1, -0.05) is 11.8 Å². The van der Waals surface area contributed by atoms with E-state index in [1.54, 1.807) is 30.3 Å². The van der Waals surface area contributed by atoms with E-state index in [2.05, 4.69) is 0 Å². The molecule has 0 saturated heterocycles. The van der Waals surface area contributed by atoms with Gasteiger partial charge in [0.2, 0.25) is 0 Å². The smallest absolute Gasteiger partial charge is 0.297 e. The minimum absolute atomic E-state index is 0.0000826. The van der Waals surface area contributed by atoms with Crippen molar-refractivity contribution in [1.29, 1.82) is 0 Å². The van der Waals surface area contributed by atoms with Gasteiger partial charge in [-0.3, -0.25) is 20.2 Å². The molecule has 0 aromatic heterocycles. The Balaban J connectivity index is 1.80. The molecule has 4 N–H and O–H groups in total. The van der Waals surface area contributed by atoms with Gasteiger partial charge in [-0.2, -0.15) is 0 Å². The number of benzene rings is 3. The lowest BCUT2D eigenvalue weighted by atomic mass is 10.3. The van der Waals surface area contributed by atoms with Crippen molar-refractivity contribution in [2.24, 2.45) is 0 Å². The van der Waals surface area contributed by atoms with Gasteiger partial charge in [-0.05, 0) is 48.5 Å². The molecule has 11 heteroatoms. The van der Waals surface area contributed by atoms with Gasteiger partial charge in [0.05, 0.1) is 15.9 Å². The average Bonchev–Trinajstić information content (AvgIpc) is 2.69. The predicted molar refractivity (Wildman–Crippen MR) is 110 cm³/mol. The molecule has 148 valence electrons. The zero-order chi connectivity index (χ0) is 21.1. The maximum absolute atomic E-state index is 12.7. The Morgan fingerprint density at radius 1 is 0.724 bits per heavy atom. The maximum Gasteiger partial charge on any atom is 0.297 e. The van der Waals surface area contributed by atoms with E-state index in [1.165, 1.54) is 42.1 Å². The molecule has 0 spiro atoms. The van der Waals surface area contributed by atoms with Crippen molar-refractivity contribution in [1.82, 2.24) is 0 Å². The van der Waals surface area contributed by atoms with Gasteiger partial charge in [-0.15, -0.1) is 0 Å². The molecule has 3 aromatic carbocycles. The van der Waals surface area contributed by atoms with Crippen molar-refractivity contribution < 1.29 is 14.4 Å². The minimum Gasteiger partial charge on any atom is -0.606 e. The lowest BCUT2D eigenvalue weighted by molar-refractivity contribution is -0.384. The van der Waals surface area contributed by atoms with E-state index < -0.39 is 21.0 Å². The lowest BCUT2D eigenvalue weighted by Crippen LogP contribution is -2.04. The van der Waals surface area contributed by atoms with Gasteiger partial charge in [0.1, 0.15) is 11.4 Å². The Bertz CT molecular complexity index is 1090. The lowest BCUT2D eigenvalue weighted by Gasteiger charge is -2.11. The second kappa shape index (κ2) is 8.39. The Labute approximate surface area is 172 Å². The number of nitrogens with two attached hydrogens (primary N) is 2. The number of anilines is 2. The summed E-state index contributed by atoms with van der Waals surface area (Å²) in [6, 6.07) is 15.3. The Kier molecular flexibility index (Phi) is 5.92. The van der Waals surface area contributed by atoms with Gasteiger partial charge in [0.25, 0.3) is 11.4 Å². The summed E-state index contributed by atoms with van der Waals surface area (Å²) >= 11 is -0.337. The van der Waals surface area contributed by atoms with Crippen molar-refractivity contribution in [3.8, 4) is 0 Å². The summed E-state index contributed by atoms with van der Waals surface area (Å²) in [4.78, 5) is 23.0. The molecule has 1 unspecified atom stereocenters. The SMILES string of the molecule is Nc1ccc(Sc2ccc([S+]([O-])c3ccc(N)c([N+](=O)[O-])c3)cc2)cc1[N+](=O)[O-]. The number of nitrogens with zero attached hydrogens (tertiary/aromatic N) is 2. The summed E-state index contributed by atoms with van der Waals surface area (Å²) in [6.45, 7) is 0. The van der Waals surface area contributed by atoms with E-state index in [9.17, 15) is 24.8 Å². The Hall–Kier alpha value is -3.28. The monoisotopic (exact) mass is 430 g/mol. The number of rotatable bonds is 6. The van der Waals surface area contributed by atoms with E-state index >= 15 is 0 Å². The minimum atomic E-state index is -1.62. The Morgan fingerprint density at radius 3 is 1.79 bits per heavy atom. The fraction of sp³-hybridized carbons (Fsp3) is 0. The Morgan fingerprint density at radius 2 is 1.21 bits per heavy atom. The van der Waals surface area contributed by atoms with E-state index in [1.807, 2.05) is 0 Å². The summed E-state index contributed by atoms with van der Waals surface area (Å²) in [5.41, 5.74) is 10.8. The van der Waals surface area contributed by atoms with Crippen LogP contribution in [0.25, 0.3) is 0 Å². The van der Waals surface area contributed by atoms with Gasteiger partial charge in [-0.25, -0.2) is 0 Å². The molecule has 1 atom stereocenters. The zero-order valence-corrected chi connectivity index (χ0v) is 16.3. The van der Waals surface area contributed by atoms with Crippen LogP contribution in [0.4, 0.5) is 22.7 Å². The highest BCUT2D eigenvalue weighted by atomic mass is 32.2. The third-order valence-electron chi connectivity index (χ3n) is 3.88. The molecule has 29 heavy (non-hydrogen) atoms. The zero-order valence-electron chi connectivity index (χ0n) is 14.7. The first-order valence-electron chi connectivity index (χ1n) is 8.04. The van der Waals surface area contributed by atoms with Crippen molar-refractivity contribution in [3.63, 3.8) is 0 Å². The van der Waals surface area contributed by atoms with Crippen LogP contribution in [-0.4, -0.2) is 14.4 Å². The highest BCUT2D eigenvalue weighted by Gasteiger charge is 2.21. The molecule has 9 nitrogen and oxygen atoms in total. The number of nitro benzene ring substituents is 2. The standard InChI is InChI=1S/C18H14N4O5S2/c19-15-7-3-12(9-17(15)21(23)24)28-11-1-4-13(5-2-11)29(27)14-6-8-16(20)18(10-14)22(25)26/h1-10H,19-20H2. The van der Waals surface area contributed by atoms with E-state index in [0.29, 0.717) is 9.79 Å². The number of hydrogen-bond donors (Lipinski definition) is 2. The first-order chi connectivity index (χ1) is 13.8. The normalized spacial score (nSPS) is 11.8. The summed E-state index contributed by atoms with van der Waals surface area (Å²) in [5.74, 6) is 0. The molecule has 0 fully saturated rings. The van der Waals surface area contributed by atoms with Crippen LogP contribution in [0.1, 0.15) is 0 Å². The van der Waals surface area contributed by atoms with Crippen LogP contribution in [0.5, 0.6) is 0 Å². The number of nitrogen functional groups attached to an aromatic ring is 2. The second-order valence-corrected chi connectivity index (χ2v) is 8.42. The largest absolute Gasteiger partial charge is 0.606 e. The topological polar surface area (TPSA) is 161 Å². The van der Waals surface area contributed by atoms with Crippen LogP contribution in [0.15, 0.2) is 80.2 Å². The molecule has 0 saturated carbocycles. The molecule has 0 aliphatic carbocycles. The molecular weight excluding hydrogens is 416 g/mol. The van der Waals surface area contributed by atoms with E-state index in [-0.39, 0.29) is 27.6 Å². The summed E-state index contributed by atoms with van der Waals surface area (Å²) in [6.07, 6.45) is 0. The average molecular weight is 430 g/mol. The van der Waals surface area contributed by atoms with Crippen molar-refractivity contribution in [2.45, 2.75) is 19.6 Å². The fourth-order valence-electron chi connectivity index (χ4n) is 2.45. The maximum atomic E-state index is 12.7. The molecule has 0 bridgehead atoms. The fourth-order valence-corrected chi connectivity index (χ4v) is 4.36. The van der Waals surface area contributed by atoms with Gasteiger partial charge in [0.15, 0.2) is 9.79 Å². The van der Waals surface area contributed by atoms with Gasteiger partial charge in [0, 0.05) is 27.0 Å². The van der Waals surface area contributed by atoms with Crippen LogP contribution in [-0.2, 0) is 11.2 Å². The second-order valence-electron chi connectivity index (χ2n) is 5.80. The molecule has 0 aliphatic rings. The third-order valence-corrected chi connectivity index (χ3v) is 6.26. The van der Waals surface area contributed by atoms with Crippen molar-refractivity contribution in [2.75, 3.05) is 11.5 Å². The molecule has 0 heterocycles. The quantitative estimate of drug-likeness (QED) is 0.257. The van der Waals surface area contributed by atoms with Crippen LogP contribution >= 0.6 is 11.8 Å². The van der Waals surface area contributed by atoms with Crippen LogP contribution in [0.3, 0.4) is 0 Å². The molecule has 0 radical (unpaired) electrons. The van der Waals surface area contributed by atoms with Crippen molar-refractivity contribution >= 4 is 45.7 Å². The third kappa shape index (κ3) is 4.59. The summed E-state index contributed by atoms with van der Waals surface area (Å²) in [5, 5.41) is 22.0. The first-order valence-corrected chi connectivity index (χ1v) is 10.0. The number of hydrogen-bond acceptors (Lipinski definition) is 8. The molecule has 3 aromatic rings. The van der Waals surface area contributed by atoms with Gasteiger partial charge < -0.3 is 16.0 Å². The highest BCUT2D eigenvalue weighted by Crippen LogP contribution is 2.34. The molecule has 0 aliphatic heterocycles. The van der Waals surface area contributed by atoms with Crippen LogP contribution < -0.4 is 11.5 Å². The number of nitro groups is 2. The van der Waals surface area contributed by atoms with Crippen LogP contribution in [0.2, 0.25) is 0 Å². The summed E-state index contributed by atoms with van der Waals surface area (Å²) in [7, 11) is 0. The summed E-state index contributed by atoms with van der Waals surface area (Å²) < 4.78 is 12.7.